The van der Waals surface area contributed by atoms with Crippen molar-refractivity contribution in [2.75, 3.05) is 13.7 Å². The molecule has 0 aromatic carbocycles. The predicted molar refractivity (Wildman–Crippen MR) is 59.5 cm³/mol. The largest absolute Gasteiger partial charge is 0.374 e. The Hall–Kier alpha value is -1.00. The summed E-state index contributed by atoms with van der Waals surface area (Å²) in [5.41, 5.74) is 0.771. The normalized spacial score (nSPS) is 13.9. The van der Waals surface area contributed by atoms with Crippen molar-refractivity contribution in [2.45, 2.75) is 32.4 Å². The molecule has 84 valence electrons. The van der Waals surface area contributed by atoms with Crippen LogP contribution in [0.2, 0.25) is 0 Å². The third kappa shape index (κ3) is 2.97. The molecule has 0 aliphatic carbocycles. The van der Waals surface area contributed by atoms with Gasteiger partial charge in [0, 0.05) is 24.6 Å². The van der Waals surface area contributed by atoms with Crippen LogP contribution in [0.1, 0.15) is 32.4 Å². The Morgan fingerprint density at radius 1 is 1.40 bits per heavy atom. The van der Waals surface area contributed by atoms with Gasteiger partial charge in [-0.2, -0.15) is 0 Å². The van der Waals surface area contributed by atoms with Crippen LogP contribution in [0.4, 0.5) is 0 Å². The summed E-state index contributed by atoms with van der Waals surface area (Å²) in [4.78, 5) is 8.04. The zero-order chi connectivity index (χ0) is 11.3. The number of hydrogen-bond acceptors (Lipinski definition) is 4. The molecule has 0 amide bonds. The van der Waals surface area contributed by atoms with Gasteiger partial charge < -0.3 is 10.1 Å². The molecule has 1 aromatic rings. The molecule has 0 saturated carbocycles. The SMILES string of the molecule is CCOC(C)(C)C(NC)c1cncnc1. The van der Waals surface area contributed by atoms with Crippen LogP contribution in [-0.2, 0) is 4.74 Å². The van der Waals surface area contributed by atoms with Gasteiger partial charge in [-0.15, -0.1) is 0 Å². The maximum absolute atomic E-state index is 5.72. The second kappa shape index (κ2) is 5.19. The maximum atomic E-state index is 5.72. The molecule has 0 fully saturated rings. The Balaban J connectivity index is 2.89. The van der Waals surface area contributed by atoms with Crippen LogP contribution in [-0.4, -0.2) is 29.2 Å². The highest BCUT2D eigenvalue weighted by atomic mass is 16.5. The maximum Gasteiger partial charge on any atom is 0.115 e. The van der Waals surface area contributed by atoms with Crippen LogP contribution in [0.5, 0.6) is 0 Å². The summed E-state index contributed by atoms with van der Waals surface area (Å²) in [7, 11) is 1.92. The van der Waals surface area contributed by atoms with Gasteiger partial charge in [-0.25, -0.2) is 9.97 Å². The van der Waals surface area contributed by atoms with Gasteiger partial charge in [-0.3, -0.25) is 0 Å². The van der Waals surface area contributed by atoms with Gasteiger partial charge in [0.2, 0.25) is 0 Å². The lowest BCUT2D eigenvalue weighted by Crippen LogP contribution is -2.40. The zero-order valence-electron chi connectivity index (χ0n) is 9.82. The molecule has 0 aliphatic rings. The Morgan fingerprint density at radius 3 is 2.47 bits per heavy atom. The summed E-state index contributed by atoms with van der Waals surface area (Å²) in [6, 6.07) is 0.0960. The average Bonchev–Trinajstić information content (AvgIpc) is 2.19. The molecule has 1 rings (SSSR count). The summed E-state index contributed by atoms with van der Waals surface area (Å²) in [5.74, 6) is 0. The van der Waals surface area contributed by atoms with Crippen LogP contribution < -0.4 is 5.32 Å². The first-order chi connectivity index (χ1) is 7.11. The minimum Gasteiger partial charge on any atom is -0.374 e. The molecule has 4 nitrogen and oxygen atoms in total. The Morgan fingerprint density at radius 2 is 2.00 bits per heavy atom. The van der Waals surface area contributed by atoms with Crippen LogP contribution >= 0.6 is 0 Å². The van der Waals surface area contributed by atoms with E-state index in [2.05, 4.69) is 29.1 Å². The smallest absolute Gasteiger partial charge is 0.115 e. The van der Waals surface area contributed by atoms with E-state index in [-0.39, 0.29) is 11.6 Å². The van der Waals surface area contributed by atoms with Crippen molar-refractivity contribution < 1.29 is 4.74 Å². The van der Waals surface area contributed by atoms with Crippen molar-refractivity contribution in [3.05, 3.63) is 24.3 Å². The molecular formula is C11H19N3O. The molecule has 0 saturated heterocycles. The van der Waals surface area contributed by atoms with Crippen LogP contribution in [0.3, 0.4) is 0 Å². The van der Waals surface area contributed by atoms with Gasteiger partial charge in [0.1, 0.15) is 6.33 Å². The lowest BCUT2D eigenvalue weighted by molar-refractivity contribution is -0.0376. The van der Waals surface area contributed by atoms with Gasteiger partial charge in [0.05, 0.1) is 11.6 Å². The summed E-state index contributed by atoms with van der Waals surface area (Å²) in [6.07, 6.45) is 5.16. The average molecular weight is 209 g/mol. The lowest BCUT2D eigenvalue weighted by Gasteiger charge is -2.33. The van der Waals surface area contributed by atoms with Crippen molar-refractivity contribution in [3.8, 4) is 0 Å². The first-order valence-corrected chi connectivity index (χ1v) is 5.18. The van der Waals surface area contributed by atoms with E-state index in [1.54, 1.807) is 0 Å². The minimum absolute atomic E-state index is 0.0960. The molecule has 1 atom stereocenters. The Bertz CT molecular complexity index is 287. The Labute approximate surface area is 91.1 Å². The highest BCUT2D eigenvalue weighted by Crippen LogP contribution is 2.27. The van der Waals surface area contributed by atoms with E-state index in [9.17, 15) is 0 Å². The quantitative estimate of drug-likeness (QED) is 0.799. The molecule has 15 heavy (non-hydrogen) atoms. The monoisotopic (exact) mass is 209 g/mol. The molecule has 1 unspecified atom stereocenters. The molecule has 4 heteroatoms. The summed E-state index contributed by atoms with van der Waals surface area (Å²) < 4.78 is 5.72. The fraction of sp³-hybridized carbons (Fsp3) is 0.636. The molecular weight excluding hydrogens is 190 g/mol. The van der Waals surface area contributed by atoms with Crippen LogP contribution in [0, 0.1) is 0 Å². The minimum atomic E-state index is -0.270. The van der Waals surface area contributed by atoms with Crippen molar-refractivity contribution >= 4 is 0 Å². The summed E-state index contributed by atoms with van der Waals surface area (Å²) >= 11 is 0. The van der Waals surface area contributed by atoms with Gasteiger partial charge in [-0.1, -0.05) is 0 Å². The third-order valence-corrected chi connectivity index (χ3v) is 2.41. The standard InChI is InChI=1S/C11H19N3O/c1-5-15-11(2,3)10(12-4)9-6-13-8-14-7-9/h6-8,10,12H,5H2,1-4H3. The van der Waals surface area contributed by atoms with Crippen LogP contribution in [0.25, 0.3) is 0 Å². The molecule has 0 spiro atoms. The highest BCUT2D eigenvalue weighted by molar-refractivity contribution is 5.13. The summed E-state index contributed by atoms with van der Waals surface area (Å²) in [6.45, 7) is 6.81. The Kier molecular flexibility index (Phi) is 4.17. The number of nitrogens with zero attached hydrogens (tertiary/aromatic N) is 2. The number of ether oxygens (including phenoxy) is 1. The number of hydrogen-bond donors (Lipinski definition) is 1. The van der Waals surface area contributed by atoms with E-state index in [1.165, 1.54) is 6.33 Å². The van der Waals surface area contributed by atoms with E-state index in [0.717, 1.165) is 5.56 Å². The predicted octanol–water partition coefficient (Wildman–Crippen LogP) is 1.55. The van der Waals surface area contributed by atoms with Crippen molar-refractivity contribution in [3.63, 3.8) is 0 Å². The molecule has 1 heterocycles. The second-order valence-electron chi connectivity index (χ2n) is 3.93. The number of rotatable bonds is 5. The van der Waals surface area contributed by atoms with Crippen molar-refractivity contribution in [1.29, 1.82) is 0 Å². The van der Waals surface area contributed by atoms with Crippen molar-refractivity contribution in [2.24, 2.45) is 0 Å². The second-order valence-corrected chi connectivity index (χ2v) is 3.93. The van der Waals surface area contributed by atoms with E-state index in [1.807, 2.05) is 26.4 Å². The highest BCUT2D eigenvalue weighted by Gasteiger charge is 2.30. The molecule has 1 aromatic heterocycles. The topological polar surface area (TPSA) is 47.0 Å². The fourth-order valence-electron chi connectivity index (χ4n) is 1.83. The van der Waals surface area contributed by atoms with E-state index >= 15 is 0 Å². The number of nitrogens with one attached hydrogen (secondary N) is 1. The number of aromatic nitrogens is 2. The van der Waals surface area contributed by atoms with E-state index < -0.39 is 0 Å². The van der Waals surface area contributed by atoms with E-state index in [4.69, 9.17) is 4.74 Å². The summed E-state index contributed by atoms with van der Waals surface area (Å²) in [5, 5.41) is 3.24. The molecule has 0 aliphatic heterocycles. The first-order valence-electron chi connectivity index (χ1n) is 5.18. The molecule has 0 radical (unpaired) electrons. The molecule has 0 bridgehead atoms. The van der Waals surface area contributed by atoms with Gasteiger partial charge in [0.25, 0.3) is 0 Å². The number of likely N-dealkylation sites (N-methyl/N-ethyl adjacent to an activating group) is 1. The molecule has 1 N–H and O–H groups in total. The van der Waals surface area contributed by atoms with Gasteiger partial charge in [0.15, 0.2) is 0 Å². The van der Waals surface area contributed by atoms with E-state index in [0.29, 0.717) is 6.61 Å². The van der Waals surface area contributed by atoms with Gasteiger partial charge in [-0.05, 0) is 27.8 Å². The van der Waals surface area contributed by atoms with Crippen LogP contribution in [0.15, 0.2) is 18.7 Å². The fourth-order valence-corrected chi connectivity index (χ4v) is 1.83. The van der Waals surface area contributed by atoms with Crippen molar-refractivity contribution in [1.82, 2.24) is 15.3 Å². The third-order valence-electron chi connectivity index (χ3n) is 2.41. The first kappa shape index (κ1) is 12.1. The zero-order valence-corrected chi connectivity index (χ0v) is 9.82. The lowest BCUT2D eigenvalue weighted by atomic mass is 9.93. The van der Waals surface area contributed by atoms with Gasteiger partial charge >= 0.3 is 0 Å².